The Hall–Kier alpha value is -2.12. The van der Waals surface area contributed by atoms with Gasteiger partial charge in [0.1, 0.15) is 6.33 Å². The molecule has 0 aliphatic carbocycles. The van der Waals surface area contributed by atoms with Gasteiger partial charge >= 0.3 is 0 Å². The number of hydrogen-bond acceptors (Lipinski definition) is 5. The molecule has 3 heterocycles. The zero-order valence-electron chi connectivity index (χ0n) is 11.0. The highest BCUT2D eigenvalue weighted by atomic mass is 35.5. The van der Waals surface area contributed by atoms with Crippen LogP contribution in [0.4, 0.5) is 11.4 Å². The van der Waals surface area contributed by atoms with Crippen LogP contribution in [0.25, 0.3) is 0 Å². The number of rotatable bonds is 1. The van der Waals surface area contributed by atoms with E-state index < -0.39 is 12.0 Å². The molecule has 108 valence electrons. The van der Waals surface area contributed by atoms with Crippen LogP contribution in [0.1, 0.15) is 17.5 Å². The van der Waals surface area contributed by atoms with Gasteiger partial charge in [-0.3, -0.25) is 4.79 Å². The molecule has 8 heteroatoms. The fourth-order valence-electron chi connectivity index (χ4n) is 2.77. The fraction of sp³-hybridized carbons (Fsp3) is 0.308. The Bertz CT molecular complexity index is 744. The normalized spacial score (nSPS) is 20.2. The zero-order valence-corrected chi connectivity index (χ0v) is 11.7. The number of nitrogens with one attached hydrogen (secondary N) is 1. The molecular weight excluding hydrogens is 294 g/mol. The van der Waals surface area contributed by atoms with Gasteiger partial charge in [-0.1, -0.05) is 11.6 Å². The van der Waals surface area contributed by atoms with E-state index >= 15 is 0 Å². The first kappa shape index (κ1) is 12.6. The van der Waals surface area contributed by atoms with Crippen LogP contribution in [0.3, 0.4) is 0 Å². The van der Waals surface area contributed by atoms with Gasteiger partial charge in [0, 0.05) is 24.3 Å². The van der Waals surface area contributed by atoms with E-state index in [1.54, 1.807) is 18.5 Å². The number of fused-ring (bicyclic) bond motifs is 2. The quantitative estimate of drug-likeness (QED) is 0.819. The first-order valence-electron chi connectivity index (χ1n) is 6.57. The number of aliphatic hydroxyl groups excluding tert-OH is 1. The van der Waals surface area contributed by atoms with Gasteiger partial charge < -0.3 is 19.9 Å². The summed E-state index contributed by atoms with van der Waals surface area (Å²) in [6.07, 6.45) is 0.573. The van der Waals surface area contributed by atoms with Crippen molar-refractivity contribution in [1.29, 1.82) is 0 Å². The zero-order chi connectivity index (χ0) is 14.6. The number of amides is 1. The smallest absolute Gasteiger partial charge is 0.257 e. The summed E-state index contributed by atoms with van der Waals surface area (Å²) >= 11 is 6.32. The first-order chi connectivity index (χ1) is 10.1. The van der Waals surface area contributed by atoms with Crippen molar-refractivity contribution >= 4 is 28.9 Å². The lowest BCUT2D eigenvalue weighted by molar-refractivity contribution is -0.123. The third-order valence-electron chi connectivity index (χ3n) is 3.90. The number of carbonyl (C=O) groups is 1. The van der Waals surface area contributed by atoms with Crippen molar-refractivity contribution in [2.45, 2.75) is 19.2 Å². The van der Waals surface area contributed by atoms with Crippen LogP contribution in [0.15, 0.2) is 18.5 Å². The van der Waals surface area contributed by atoms with Crippen LogP contribution in [-0.4, -0.2) is 32.3 Å². The number of hydrogen-bond donors (Lipinski definition) is 2. The molecule has 4 rings (SSSR count). The van der Waals surface area contributed by atoms with Gasteiger partial charge in [0.05, 0.1) is 17.3 Å². The molecule has 0 saturated heterocycles. The SMILES string of the molecule is O=C1Nc2cc(N3CCn4cnnc4C3)c(Cl)cc2C1O. The van der Waals surface area contributed by atoms with Gasteiger partial charge in [0.25, 0.3) is 5.91 Å². The summed E-state index contributed by atoms with van der Waals surface area (Å²) in [6.45, 7) is 2.17. The second-order valence-corrected chi connectivity index (χ2v) is 5.55. The monoisotopic (exact) mass is 305 g/mol. The second-order valence-electron chi connectivity index (χ2n) is 5.14. The number of halogens is 1. The lowest BCUT2D eigenvalue weighted by atomic mass is 10.1. The van der Waals surface area contributed by atoms with Crippen LogP contribution in [0.2, 0.25) is 5.02 Å². The van der Waals surface area contributed by atoms with Crippen molar-refractivity contribution in [3.05, 3.63) is 34.9 Å². The summed E-state index contributed by atoms with van der Waals surface area (Å²) in [5.41, 5.74) is 1.95. The molecular formula is C13H12ClN5O2. The lowest BCUT2D eigenvalue weighted by Gasteiger charge is -2.30. The molecule has 1 atom stereocenters. The highest BCUT2D eigenvalue weighted by Gasteiger charge is 2.31. The third-order valence-corrected chi connectivity index (χ3v) is 4.20. The Morgan fingerprint density at radius 3 is 3.10 bits per heavy atom. The molecule has 0 radical (unpaired) electrons. The van der Waals surface area contributed by atoms with Crippen molar-refractivity contribution in [3.63, 3.8) is 0 Å². The number of carbonyl (C=O) groups excluding carboxylic acids is 1. The lowest BCUT2D eigenvalue weighted by Crippen LogP contribution is -2.33. The molecule has 0 bridgehead atoms. The van der Waals surface area contributed by atoms with E-state index in [1.165, 1.54) is 0 Å². The number of benzene rings is 1. The largest absolute Gasteiger partial charge is 0.378 e. The molecule has 2 aromatic rings. The van der Waals surface area contributed by atoms with Crippen molar-refractivity contribution in [3.8, 4) is 0 Å². The number of nitrogens with zero attached hydrogens (tertiary/aromatic N) is 4. The van der Waals surface area contributed by atoms with Gasteiger partial charge in [-0.05, 0) is 12.1 Å². The predicted octanol–water partition coefficient (Wildman–Crippen LogP) is 0.937. The molecule has 1 amide bonds. The third kappa shape index (κ3) is 1.89. The number of aromatic nitrogens is 3. The Balaban J connectivity index is 1.71. The average molecular weight is 306 g/mol. The minimum atomic E-state index is -1.14. The molecule has 0 saturated carbocycles. The predicted molar refractivity (Wildman–Crippen MR) is 76.1 cm³/mol. The molecule has 1 aromatic heterocycles. The maximum atomic E-state index is 11.5. The minimum Gasteiger partial charge on any atom is -0.378 e. The summed E-state index contributed by atoms with van der Waals surface area (Å²) in [4.78, 5) is 13.6. The number of aliphatic hydroxyl groups is 1. The highest BCUT2D eigenvalue weighted by Crippen LogP contribution is 2.39. The van der Waals surface area contributed by atoms with E-state index in [4.69, 9.17) is 11.6 Å². The first-order valence-corrected chi connectivity index (χ1v) is 6.95. The summed E-state index contributed by atoms with van der Waals surface area (Å²) in [5.74, 6) is 0.457. The maximum Gasteiger partial charge on any atom is 0.257 e. The molecule has 21 heavy (non-hydrogen) atoms. The van der Waals surface area contributed by atoms with Crippen LogP contribution < -0.4 is 10.2 Å². The highest BCUT2D eigenvalue weighted by molar-refractivity contribution is 6.33. The van der Waals surface area contributed by atoms with Gasteiger partial charge in [-0.25, -0.2) is 0 Å². The summed E-state index contributed by atoms with van der Waals surface area (Å²) in [7, 11) is 0. The van der Waals surface area contributed by atoms with Crippen molar-refractivity contribution in [2.75, 3.05) is 16.8 Å². The van der Waals surface area contributed by atoms with Crippen molar-refractivity contribution in [1.82, 2.24) is 14.8 Å². The fourth-order valence-corrected chi connectivity index (χ4v) is 3.06. The van der Waals surface area contributed by atoms with Crippen LogP contribution in [-0.2, 0) is 17.9 Å². The molecule has 1 aromatic carbocycles. The molecule has 0 fully saturated rings. The van der Waals surface area contributed by atoms with E-state index in [0.717, 1.165) is 24.6 Å². The Morgan fingerprint density at radius 1 is 1.38 bits per heavy atom. The van der Waals surface area contributed by atoms with Crippen LogP contribution in [0.5, 0.6) is 0 Å². The standard InChI is InChI=1S/C13H12ClN5O2/c14-8-3-7-9(16-13(21)12(7)20)4-10(8)18-1-2-19-6-15-17-11(19)5-18/h3-4,6,12,20H,1-2,5H2,(H,16,21). The summed E-state index contributed by atoms with van der Waals surface area (Å²) < 4.78 is 2.00. The maximum absolute atomic E-state index is 11.5. The van der Waals surface area contributed by atoms with Gasteiger partial charge in [-0.15, -0.1) is 10.2 Å². The van der Waals surface area contributed by atoms with Crippen LogP contribution >= 0.6 is 11.6 Å². The van der Waals surface area contributed by atoms with Gasteiger partial charge in [0.15, 0.2) is 11.9 Å². The Morgan fingerprint density at radius 2 is 2.24 bits per heavy atom. The number of anilines is 2. The van der Waals surface area contributed by atoms with E-state index in [2.05, 4.69) is 20.4 Å². The Kier molecular flexibility index (Phi) is 2.66. The van der Waals surface area contributed by atoms with Crippen LogP contribution in [0, 0.1) is 0 Å². The van der Waals surface area contributed by atoms with Crippen molar-refractivity contribution < 1.29 is 9.90 Å². The molecule has 0 spiro atoms. The van der Waals surface area contributed by atoms with Crippen molar-refractivity contribution in [2.24, 2.45) is 0 Å². The minimum absolute atomic E-state index is 0.420. The second kappa shape index (κ2) is 4.44. The van der Waals surface area contributed by atoms with E-state index in [0.29, 0.717) is 22.8 Å². The van der Waals surface area contributed by atoms with E-state index in [1.807, 2.05) is 4.57 Å². The average Bonchev–Trinajstić information content (AvgIpc) is 3.04. The molecule has 2 aliphatic rings. The van der Waals surface area contributed by atoms with E-state index in [9.17, 15) is 9.90 Å². The van der Waals surface area contributed by atoms with Gasteiger partial charge in [0.2, 0.25) is 0 Å². The Labute approximate surface area is 125 Å². The molecule has 1 unspecified atom stereocenters. The van der Waals surface area contributed by atoms with E-state index in [-0.39, 0.29) is 0 Å². The molecule has 2 aliphatic heterocycles. The summed E-state index contributed by atoms with van der Waals surface area (Å²) in [5, 5.41) is 20.9. The molecule has 7 nitrogen and oxygen atoms in total. The topological polar surface area (TPSA) is 83.3 Å². The van der Waals surface area contributed by atoms with Gasteiger partial charge in [-0.2, -0.15) is 0 Å². The molecule has 2 N–H and O–H groups in total. The summed E-state index contributed by atoms with van der Waals surface area (Å²) in [6, 6.07) is 3.45.